The average molecular weight is 243 g/mol. The van der Waals surface area contributed by atoms with Crippen LogP contribution in [-0.4, -0.2) is 35.5 Å². The zero-order chi connectivity index (χ0) is 12.0. The molecule has 0 aliphatic carbocycles. The van der Waals surface area contributed by atoms with Gasteiger partial charge in [0.05, 0.1) is 7.11 Å². The number of esters is 1. The Balaban J connectivity index is 2.67. The van der Waals surface area contributed by atoms with E-state index in [1.54, 1.807) is 0 Å². The summed E-state index contributed by atoms with van der Waals surface area (Å²) in [7, 11) is 1.39. The van der Waals surface area contributed by atoms with E-state index in [0.717, 1.165) is 30.3 Å². The average Bonchev–Trinajstić information content (AvgIpc) is 2.74. The molecule has 1 aromatic rings. The zero-order valence-corrected chi connectivity index (χ0v) is 10.7. The molecule has 0 fully saturated rings. The van der Waals surface area contributed by atoms with Crippen LogP contribution >= 0.6 is 11.5 Å². The van der Waals surface area contributed by atoms with Crippen LogP contribution in [0, 0.1) is 0 Å². The Hall–Kier alpha value is -1.17. The molecule has 16 heavy (non-hydrogen) atoms. The second-order valence-electron chi connectivity index (χ2n) is 3.33. The van der Waals surface area contributed by atoms with Crippen molar-refractivity contribution in [1.29, 1.82) is 0 Å². The molecule has 0 saturated carbocycles. The molecule has 0 aliphatic rings. The molecular weight excluding hydrogens is 226 g/mol. The number of methoxy groups -OCH3 is 1. The number of carbonyl (C=O) groups is 1. The van der Waals surface area contributed by atoms with Gasteiger partial charge in [-0.2, -0.15) is 4.37 Å². The molecule has 6 heteroatoms. The smallest absolute Gasteiger partial charge is 0.325 e. The third-order valence-electron chi connectivity index (χ3n) is 2.13. The minimum Gasteiger partial charge on any atom is -0.468 e. The summed E-state index contributed by atoms with van der Waals surface area (Å²) >= 11 is 1.33. The van der Waals surface area contributed by atoms with Gasteiger partial charge in [0, 0.05) is 24.5 Å². The van der Waals surface area contributed by atoms with Crippen molar-refractivity contribution in [3.63, 3.8) is 0 Å². The van der Waals surface area contributed by atoms with Crippen LogP contribution in [0.1, 0.15) is 26.1 Å². The lowest BCUT2D eigenvalue weighted by Gasteiger charge is -2.16. The van der Waals surface area contributed by atoms with E-state index in [1.807, 2.05) is 11.8 Å². The first-order valence-corrected chi connectivity index (χ1v) is 6.12. The molecule has 0 aliphatic heterocycles. The van der Waals surface area contributed by atoms with Gasteiger partial charge in [-0.15, -0.1) is 0 Å². The van der Waals surface area contributed by atoms with Gasteiger partial charge >= 0.3 is 5.97 Å². The minimum absolute atomic E-state index is 0.230. The number of aromatic nitrogens is 2. The first kappa shape index (κ1) is 12.9. The maximum Gasteiger partial charge on any atom is 0.325 e. The maximum absolute atomic E-state index is 11.2. The predicted molar refractivity (Wildman–Crippen MR) is 63.8 cm³/mol. The van der Waals surface area contributed by atoms with Crippen molar-refractivity contribution in [2.24, 2.45) is 0 Å². The number of likely N-dealkylation sites (N-methyl/N-ethyl adjacent to an activating group) is 1. The van der Waals surface area contributed by atoms with E-state index in [4.69, 9.17) is 0 Å². The van der Waals surface area contributed by atoms with Gasteiger partial charge in [0.25, 0.3) is 0 Å². The summed E-state index contributed by atoms with van der Waals surface area (Å²) < 4.78 is 8.88. The van der Waals surface area contributed by atoms with E-state index in [-0.39, 0.29) is 12.5 Å². The number of carbonyl (C=O) groups excluding carboxylic acids is 1. The first-order valence-electron chi connectivity index (χ1n) is 5.35. The third kappa shape index (κ3) is 3.44. The van der Waals surface area contributed by atoms with Crippen molar-refractivity contribution in [2.45, 2.75) is 26.7 Å². The van der Waals surface area contributed by atoms with E-state index < -0.39 is 0 Å². The van der Waals surface area contributed by atoms with Gasteiger partial charge in [-0.1, -0.05) is 6.92 Å². The molecule has 0 aromatic carbocycles. The van der Waals surface area contributed by atoms with Crippen molar-refractivity contribution >= 4 is 22.6 Å². The maximum atomic E-state index is 11.2. The molecule has 5 nitrogen and oxygen atoms in total. The van der Waals surface area contributed by atoms with E-state index in [2.05, 4.69) is 21.0 Å². The summed E-state index contributed by atoms with van der Waals surface area (Å²) in [5, 5.41) is 0.788. The summed E-state index contributed by atoms with van der Waals surface area (Å²) in [4.78, 5) is 17.4. The van der Waals surface area contributed by atoms with Crippen LogP contribution in [0.2, 0.25) is 0 Å². The Morgan fingerprint density at radius 3 is 2.81 bits per heavy atom. The Bertz CT molecular complexity index is 341. The summed E-state index contributed by atoms with van der Waals surface area (Å²) in [6.45, 7) is 5.01. The second-order valence-corrected chi connectivity index (χ2v) is 4.06. The lowest BCUT2D eigenvalue weighted by molar-refractivity contribution is -0.138. The number of nitrogens with zero attached hydrogens (tertiary/aromatic N) is 3. The van der Waals surface area contributed by atoms with Crippen molar-refractivity contribution in [3.05, 3.63) is 5.82 Å². The molecule has 0 bridgehead atoms. The van der Waals surface area contributed by atoms with Crippen molar-refractivity contribution < 1.29 is 9.53 Å². The van der Waals surface area contributed by atoms with E-state index in [9.17, 15) is 4.79 Å². The SMILES string of the molecule is CCCc1nsc(N(CC)CC(=O)OC)n1. The fraction of sp³-hybridized carbons (Fsp3) is 0.700. The molecule has 0 spiro atoms. The van der Waals surface area contributed by atoms with Gasteiger partial charge in [-0.05, 0) is 13.3 Å². The minimum atomic E-state index is -0.255. The van der Waals surface area contributed by atoms with Crippen LogP contribution in [0.4, 0.5) is 5.13 Å². The third-order valence-corrected chi connectivity index (χ3v) is 2.95. The highest BCUT2D eigenvalue weighted by molar-refractivity contribution is 7.09. The highest BCUT2D eigenvalue weighted by Crippen LogP contribution is 2.17. The van der Waals surface area contributed by atoms with Gasteiger partial charge in [-0.3, -0.25) is 4.79 Å². The molecule has 0 amide bonds. The molecular formula is C10H17N3O2S. The molecule has 0 N–H and O–H groups in total. The number of hydrogen-bond acceptors (Lipinski definition) is 6. The molecule has 0 radical (unpaired) electrons. The number of rotatable bonds is 6. The molecule has 1 aromatic heterocycles. The lowest BCUT2D eigenvalue weighted by Crippen LogP contribution is -2.30. The molecule has 1 rings (SSSR count). The largest absolute Gasteiger partial charge is 0.468 e. The van der Waals surface area contributed by atoms with Crippen LogP contribution in [0.3, 0.4) is 0 Å². The molecule has 90 valence electrons. The van der Waals surface area contributed by atoms with Crippen molar-refractivity contribution in [3.8, 4) is 0 Å². The Labute approximate surface area is 99.6 Å². The topological polar surface area (TPSA) is 55.3 Å². The fourth-order valence-corrected chi connectivity index (χ4v) is 2.01. The Kier molecular flexibility index (Phi) is 5.18. The highest BCUT2D eigenvalue weighted by Gasteiger charge is 2.14. The van der Waals surface area contributed by atoms with Gasteiger partial charge in [-0.25, -0.2) is 4.98 Å². The van der Waals surface area contributed by atoms with Gasteiger partial charge in [0.2, 0.25) is 5.13 Å². The summed E-state index contributed by atoms with van der Waals surface area (Å²) in [5.41, 5.74) is 0. The van der Waals surface area contributed by atoms with Gasteiger partial charge in [0.15, 0.2) is 0 Å². The molecule has 0 unspecified atom stereocenters. The zero-order valence-electron chi connectivity index (χ0n) is 9.89. The van der Waals surface area contributed by atoms with E-state index in [0.29, 0.717) is 0 Å². The first-order chi connectivity index (χ1) is 7.71. The van der Waals surface area contributed by atoms with Gasteiger partial charge in [0.1, 0.15) is 12.4 Å². The number of aryl methyl sites for hydroxylation is 1. The standard InChI is InChI=1S/C10H17N3O2S/c1-4-6-8-11-10(16-12-8)13(5-2)7-9(14)15-3/h4-7H2,1-3H3. The summed E-state index contributed by atoms with van der Waals surface area (Å²) in [6, 6.07) is 0. The van der Waals surface area contributed by atoms with Crippen LogP contribution in [-0.2, 0) is 16.0 Å². The summed E-state index contributed by atoms with van der Waals surface area (Å²) in [6.07, 6.45) is 1.91. The second kappa shape index (κ2) is 6.42. The van der Waals surface area contributed by atoms with Crippen LogP contribution in [0.15, 0.2) is 0 Å². The number of anilines is 1. The van der Waals surface area contributed by atoms with Crippen LogP contribution in [0.25, 0.3) is 0 Å². The van der Waals surface area contributed by atoms with E-state index in [1.165, 1.54) is 18.6 Å². The highest BCUT2D eigenvalue weighted by atomic mass is 32.1. The fourth-order valence-electron chi connectivity index (χ4n) is 1.23. The summed E-state index contributed by atoms with van der Waals surface area (Å²) in [5.74, 6) is 0.597. The molecule has 0 atom stereocenters. The quantitative estimate of drug-likeness (QED) is 0.708. The van der Waals surface area contributed by atoms with Crippen molar-refractivity contribution in [1.82, 2.24) is 9.36 Å². The predicted octanol–water partition coefficient (Wildman–Crippen LogP) is 1.49. The molecule has 1 heterocycles. The van der Waals surface area contributed by atoms with E-state index >= 15 is 0 Å². The van der Waals surface area contributed by atoms with Crippen molar-refractivity contribution in [2.75, 3.05) is 25.1 Å². The number of ether oxygens (including phenoxy) is 1. The molecule has 0 saturated heterocycles. The van der Waals surface area contributed by atoms with Crippen LogP contribution in [0.5, 0.6) is 0 Å². The normalized spacial score (nSPS) is 10.2. The monoisotopic (exact) mass is 243 g/mol. The Morgan fingerprint density at radius 1 is 1.50 bits per heavy atom. The van der Waals surface area contributed by atoms with Crippen LogP contribution < -0.4 is 4.90 Å². The lowest BCUT2D eigenvalue weighted by atomic mass is 10.3. The Morgan fingerprint density at radius 2 is 2.25 bits per heavy atom. The number of hydrogen-bond donors (Lipinski definition) is 0. The van der Waals surface area contributed by atoms with Gasteiger partial charge < -0.3 is 9.64 Å².